The normalized spacial score (nSPS) is 10.9. The van der Waals surface area contributed by atoms with Crippen molar-refractivity contribution in [3.05, 3.63) is 76.7 Å². The Hall–Kier alpha value is -3.32. The maximum Gasteiger partial charge on any atom is 0.267 e. The lowest BCUT2D eigenvalue weighted by Gasteiger charge is -2.09. The van der Waals surface area contributed by atoms with Gasteiger partial charge >= 0.3 is 0 Å². The predicted octanol–water partition coefficient (Wildman–Crippen LogP) is 3.47. The Morgan fingerprint density at radius 2 is 1.93 bits per heavy atom. The quantitative estimate of drug-likeness (QED) is 0.592. The van der Waals surface area contributed by atoms with Crippen LogP contribution >= 0.6 is 11.5 Å². The van der Waals surface area contributed by atoms with Gasteiger partial charge in [0.15, 0.2) is 0 Å². The average Bonchev–Trinajstić information content (AvgIpc) is 3.07. The molecule has 7 heteroatoms. The first-order chi connectivity index (χ1) is 13.1. The van der Waals surface area contributed by atoms with E-state index in [1.165, 1.54) is 22.3 Å². The van der Waals surface area contributed by atoms with Gasteiger partial charge in [-0.2, -0.15) is 9.47 Å². The molecule has 27 heavy (non-hydrogen) atoms. The van der Waals surface area contributed by atoms with Crippen molar-refractivity contribution < 1.29 is 4.79 Å². The van der Waals surface area contributed by atoms with E-state index < -0.39 is 0 Å². The topological polar surface area (TPSA) is 76.9 Å². The van der Waals surface area contributed by atoms with Gasteiger partial charge < -0.3 is 5.32 Å². The Morgan fingerprint density at radius 3 is 2.74 bits per heavy atom. The van der Waals surface area contributed by atoms with Crippen molar-refractivity contribution in [1.82, 2.24) is 14.2 Å². The lowest BCUT2D eigenvalue weighted by molar-refractivity contribution is -0.116. The summed E-state index contributed by atoms with van der Waals surface area (Å²) in [6.07, 6.45) is 0. The van der Waals surface area contributed by atoms with Gasteiger partial charge in [-0.15, -0.1) is 0 Å². The molecule has 0 aliphatic rings. The van der Waals surface area contributed by atoms with E-state index in [9.17, 15) is 9.59 Å². The van der Waals surface area contributed by atoms with Gasteiger partial charge in [0, 0.05) is 11.6 Å². The number of benzene rings is 2. The van der Waals surface area contributed by atoms with Crippen molar-refractivity contribution in [2.45, 2.75) is 13.5 Å². The molecule has 0 radical (unpaired) electrons. The van der Waals surface area contributed by atoms with E-state index in [2.05, 4.69) is 14.8 Å². The predicted molar refractivity (Wildman–Crippen MR) is 107 cm³/mol. The molecular weight excluding hydrogens is 360 g/mol. The monoisotopic (exact) mass is 376 g/mol. The molecule has 0 fully saturated rings. The molecule has 0 unspecified atom stereocenters. The lowest BCUT2D eigenvalue weighted by Crippen LogP contribution is -2.29. The number of carbonyl (C=O) groups excluding carboxylic acids is 1. The second-order valence-corrected chi connectivity index (χ2v) is 6.93. The fourth-order valence-corrected chi connectivity index (χ4v) is 3.57. The third-order valence-corrected chi connectivity index (χ3v) is 4.91. The zero-order chi connectivity index (χ0) is 18.8. The zero-order valence-electron chi connectivity index (χ0n) is 14.5. The number of carbonyl (C=O) groups is 1. The molecule has 0 saturated heterocycles. The number of aromatic nitrogens is 3. The van der Waals surface area contributed by atoms with E-state index in [-0.39, 0.29) is 18.0 Å². The van der Waals surface area contributed by atoms with Gasteiger partial charge in [-0.3, -0.25) is 9.59 Å². The minimum absolute atomic E-state index is 0.158. The molecule has 6 nitrogen and oxygen atoms in total. The van der Waals surface area contributed by atoms with Crippen LogP contribution in [0.3, 0.4) is 0 Å². The molecule has 0 aliphatic heterocycles. The summed E-state index contributed by atoms with van der Waals surface area (Å²) < 4.78 is 5.30. The molecule has 134 valence electrons. The number of hydrogen-bond donors (Lipinski definition) is 1. The molecular formula is C20H16N4O2S. The number of nitrogens with zero attached hydrogens (tertiary/aromatic N) is 3. The van der Waals surface area contributed by atoms with E-state index in [0.29, 0.717) is 10.7 Å². The molecule has 2 aromatic carbocycles. The fraction of sp³-hybridized carbons (Fsp3) is 0.100. The van der Waals surface area contributed by atoms with Crippen molar-refractivity contribution in [3.8, 4) is 11.3 Å². The van der Waals surface area contributed by atoms with Gasteiger partial charge in [0.1, 0.15) is 11.5 Å². The van der Waals surface area contributed by atoms with Gasteiger partial charge in [-0.1, -0.05) is 42.5 Å². The Bertz CT molecular complexity index is 1190. The second kappa shape index (κ2) is 7.13. The first-order valence-electron chi connectivity index (χ1n) is 8.39. The van der Waals surface area contributed by atoms with Gasteiger partial charge in [0.05, 0.1) is 11.4 Å². The van der Waals surface area contributed by atoms with E-state index >= 15 is 0 Å². The van der Waals surface area contributed by atoms with Crippen molar-refractivity contribution in [3.63, 3.8) is 0 Å². The van der Waals surface area contributed by atoms with E-state index in [4.69, 9.17) is 0 Å². The molecule has 2 heterocycles. The van der Waals surface area contributed by atoms with Crippen LogP contribution in [0.5, 0.6) is 0 Å². The Balaban J connectivity index is 1.65. The highest BCUT2D eigenvalue weighted by Crippen LogP contribution is 2.26. The molecule has 0 bridgehead atoms. The number of aryl methyl sites for hydroxylation is 1. The summed E-state index contributed by atoms with van der Waals surface area (Å²) >= 11 is 1.20. The SMILES string of the molecule is Cc1cc(NC(=O)Cn2nc(-c3cccc4ccccc34)ccc2=O)sn1. The Morgan fingerprint density at radius 1 is 1.11 bits per heavy atom. The third kappa shape index (κ3) is 3.63. The van der Waals surface area contributed by atoms with E-state index in [1.54, 1.807) is 12.1 Å². The summed E-state index contributed by atoms with van der Waals surface area (Å²) in [4.78, 5) is 24.4. The van der Waals surface area contributed by atoms with Crippen molar-refractivity contribution in [2.75, 3.05) is 5.32 Å². The van der Waals surface area contributed by atoms with Gasteiger partial charge in [-0.25, -0.2) is 4.68 Å². The van der Waals surface area contributed by atoms with Crippen molar-refractivity contribution >= 4 is 33.2 Å². The highest BCUT2D eigenvalue weighted by molar-refractivity contribution is 7.10. The first kappa shape index (κ1) is 17.1. The number of nitrogens with one attached hydrogen (secondary N) is 1. The molecule has 0 atom stereocenters. The van der Waals surface area contributed by atoms with E-state index in [0.717, 1.165) is 22.0 Å². The molecule has 0 aliphatic carbocycles. The molecule has 2 aromatic heterocycles. The zero-order valence-corrected chi connectivity index (χ0v) is 15.4. The highest BCUT2D eigenvalue weighted by Gasteiger charge is 2.11. The van der Waals surface area contributed by atoms with Crippen LogP contribution in [0.2, 0.25) is 0 Å². The fourth-order valence-electron chi connectivity index (χ4n) is 2.89. The van der Waals surface area contributed by atoms with Crippen LogP contribution < -0.4 is 10.9 Å². The summed E-state index contributed by atoms with van der Waals surface area (Å²) in [6, 6.07) is 18.8. The van der Waals surface area contributed by atoms with E-state index in [1.807, 2.05) is 49.4 Å². The maximum absolute atomic E-state index is 12.3. The Kier molecular flexibility index (Phi) is 4.52. The first-order valence-corrected chi connectivity index (χ1v) is 9.17. The van der Waals surface area contributed by atoms with Crippen molar-refractivity contribution in [1.29, 1.82) is 0 Å². The molecule has 1 amide bonds. The van der Waals surface area contributed by atoms with Crippen LogP contribution in [0.25, 0.3) is 22.0 Å². The number of amides is 1. The number of anilines is 1. The van der Waals surface area contributed by atoms with Crippen LogP contribution in [0.4, 0.5) is 5.00 Å². The number of hydrogen-bond acceptors (Lipinski definition) is 5. The molecule has 4 aromatic rings. The summed E-state index contributed by atoms with van der Waals surface area (Å²) in [6.45, 7) is 1.69. The molecule has 0 spiro atoms. The minimum Gasteiger partial charge on any atom is -0.315 e. The summed E-state index contributed by atoms with van der Waals surface area (Å²) in [7, 11) is 0. The largest absolute Gasteiger partial charge is 0.315 e. The highest BCUT2D eigenvalue weighted by atomic mass is 32.1. The minimum atomic E-state index is -0.324. The van der Waals surface area contributed by atoms with Gasteiger partial charge in [-0.05, 0) is 41.4 Å². The second-order valence-electron chi connectivity index (χ2n) is 6.12. The lowest BCUT2D eigenvalue weighted by atomic mass is 10.0. The van der Waals surface area contributed by atoms with Crippen LogP contribution in [0, 0.1) is 6.92 Å². The van der Waals surface area contributed by atoms with Crippen LogP contribution in [-0.2, 0) is 11.3 Å². The average molecular weight is 376 g/mol. The molecule has 4 rings (SSSR count). The van der Waals surface area contributed by atoms with Crippen LogP contribution in [0.1, 0.15) is 5.69 Å². The molecule has 1 N–H and O–H groups in total. The summed E-state index contributed by atoms with van der Waals surface area (Å²) in [5.74, 6) is -0.316. The number of rotatable bonds is 4. The van der Waals surface area contributed by atoms with Gasteiger partial charge in [0.25, 0.3) is 5.56 Å². The smallest absolute Gasteiger partial charge is 0.267 e. The molecule has 0 saturated carbocycles. The Labute approximate surface area is 159 Å². The van der Waals surface area contributed by atoms with Gasteiger partial charge in [0.2, 0.25) is 5.91 Å². The van der Waals surface area contributed by atoms with Crippen LogP contribution in [-0.4, -0.2) is 20.1 Å². The summed E-state index contributed by atoms with van der Waals surface area (Å²) in [5, 5.41) is 9.94. The third-order valence-electron chi connectivity index (χ3n) is 4.12. The maximum atomic E-state index is 12.3. The number of fused-ring (bicyclic) bond motifs is 1. The van der Waals surface area contributed by atoms with Crippen molar-refractivity contribution in [2.24, 2.45) is 0 Å². The summed E-state index contributed by atoms with van der Waals surface area (Å²) in [5.41, 5.74) is 2.08. The standard InChI is InChI=1S/C20H16N4O2S/c1-13-11-19(27-23-13)21-18(25)12-24-20(26)10-9-17(22-24)16-8-4-6-14-5-2-3-7-15(14)16/h2-11H,12H2,1H3,(H,21,25). The van der Waals surface area contributed by atoms with Crippen LogP contribution in [0.15, 0.2) is 65.5 Å².